The van der Waals surface area contributed by atoms with Crippen LogP contribution in [0.1, 0.15) is 67.2 Å². The molecule has 1 aliphatic heterocycles. The maximum atomic E-state index is 11.7. The Balaban J connectivity index is 1.45. The Morgan fingerprint density at radius 2 is 1.80 bits per heavy atom. The monoisotopic (exact) mass is 406 g/mol. The molecule has 5 heteroatoms. The van der Waals surface area contributed by atoms with Crippen LogP contribution >= 0.6 is 0 Å². The van der Waals surface area contributed by atoms with E-state index in [2.05, 4.69) is 65.1 Å². The summed E-state index contributed by atoms with van der Waals surface area (Å²) in [5.41, 5.74) is 4.98. The summed E-state index contributed by atoms with van der Waals surface area (Å²) < 4.78 is 0. The molecule has 0 spiro atoms. The van der Waals surface area contributed by atoms with Gasteiger partial charge in [0.05, 0.1) is 11.9 Å². The first-order valence-corrected chi connectivity index (χ1v) is 11.2. The molecule has 5 nitrogen and oxygen atoms in total. The van der Waals surface area contributed by atoms with Crippen LogP contribution in [-0.4, -0.2) is 49.0 Å². The van der Waals surface area contributed by atoms with E-state index in [9.17, 15) is 4.79 Å². The molecular weight excluding hydrogens is 372 g/mol. The zero-order valence-corrected chi connectivity index (χ0v) is 18.7. The Kier molecular flexibility index (Phi) is 5.83. The fourth-order valence-electron chi connectivity index (χ4n) is 5.07. The third-order valence-electron chi connectivity index (χ3n) is 7.37. The van der Waals surface area contributed by atoms with Crippen LogP contribution in [0.15, 0.2) is 42.6 Å². The van der Waals surface area contributed by atoms with Crippen molar-refractivity contribution in [3.63, 3.8) is 0 Å². The Bertz CT molecular complexity index is 884. The van der Waals surface area contributed by atoms with Gasteiger partial charge in [-0.1, -0.05) is 51.5 Å². The molecule has 2 aromatic rings. The molecule has 0 saturated carbocycles. The fraction of sp³-hybridized carbons (Fsp3) is 0.520. The highest BCUT2D eigenvalue weighted by atomic mass is 16.1. The zero-order chi connectivity index (χ0) is 21.3. The lowest BCUT2D eigenvalue weighted by Gasteiger charge is -2.40. The van der Waals surface area contributed by atoms with Crippen molar-refractivity contribution in [1.82, 2.24) is 15.2 Å². The van der Waals surface area contributed by atoms with Gasteiger partial charge in [0.25, 0.3) is 5.91 Å². The summed E-state index contributed by atoms with van der Waals surface area (Å²) in [7, 11) is 1.63. The summed E-state index contributed by atoms with van der Waals surface area (Å²) in [5.74, 6) is 0.485. The molecule has 1 N–H and O–H groups in total. The van der Waals surface area contributed by atoms with Crippen molar-refractivity contribution in [2.75, 3.05) is 38.1 Å². The van der Waals surface area contributed by atoms with Gasteiger partial charge < -0.3 is 10.2 Å². The van der Waals surface area contributed by atoms with Gasteiger partial charge in [-0.15, -0.1) is 0 Å². The molecule has 1 saturated heterocycles. The number of nitrogens with one attached hydrogen (secondary N) is 1. The number of carbonyl (C=O) groups is 1. The lowest BCUT2D eigenvalue weighted by molar-refractivity contribution is 0.0958. The van der Waals surface area contributed by atoms with E-state index in [0.29, 0.717) is 23.1 Å². The van der Waals surface area contributed by atoms with Gasteiger partial charge in [-0.2, -0.15) is 0 Å². The molecule has 160 valence electrons. The minimum Gasteiger partial charge on any atom is -0.368 e. The second-order valence-corrected chi connectivity index (χ2v) is 9.28. The molecular formula is C25H34N4O. The summed E-state index contributed by atoms with van der Waals surface area (Å²) in [4.78, 5) is 21.1. The molecule has 0 radical (unpaired) electrons. The van der Waals surface area contributed by atoms with Crippen molar-refractivity contribution in [1.29, 1.82) is 0 Å². The van der Waals surface area contributed by atoms with Crippen molar-refractivity contribution in [2.45, 2.75) is 45.6 Å². The van der Waals surface area contributed by atoms with E-state index in [1.807, 2.05) is 18.3 Å². The van der Waals surface area contributed by atoms with Crippen LogP contribution in [0.5, 0.6) is 0 Å². The standard InChI is InChI=1S/C25H34N4O/c1-5-25(2,3)21-16-23(20-9-7-6-8-19(20)21)29-14-12-28(13-15-29)18-10-11-22(27-17-18)24(30)26-4/h6-11,17,21,23H,5,12-16H2,1-4H3,(H,26,30). The molecule has 2 heterocycles. The van der Waals surface area contributed by atoms with Gasteiger partial charge in [0, 0.05) is 39.3 Å². The molecule has 1 aromatic carbocycles. The number of hydrogen-bond acceptors (Lipinski definition) is 4. The highest BCUT2D eigenvalue weighted by Gasteiger charge is 2.41. The number of benzene rings is 1. The molecule has 0 bridgehead atoms. The van der Waals surface area contributed by atoms with Crippen molar-refractivity contribution in [3.05, 3.63) is 59.4 Å². The number of carbonyl (C=O) groups excluding carboxylic acids is 1. The van der Waals surface area contributed by atoms with Crippen LogP contribution in [-0.2, 0) is 0 Å². The van der Waals surface area contributed by atoms with Gasteiger partial charge in [-0.25, -0.2) is 4.98 Å². The minimum atomic E-state index is -0.143. The summed E-state index contributed by atoms with van der Waals surface area (Å²) in [6.45, 7) is 11.2. The first-order valence-electron chi connectivity index (χ1n) is 11.2. The molecule has 2 unspecified atom stereocenters. The van der Waals surface area contributed by atoms with Gasteiger partial charge in [0.2, 0.25) is 0 Å². The Morgan fingerprint density at radius 1 is 1.10 bits per heavy atom. The summed E-state index contributed by atoms with van der Waals surface area (Å²) in [6, 6.07) is 13.4. The quantitative estimate of drug-likeness (QED) is 0.807. The van der Waals surface area contributed by atoms with Crippen molar-refractivity contribution in [3.8, 4) is 0 Å². The van der Waals surface area contributed by atoms with Crippen LogP contribution in [0.4, 0.5) is 5.69 Å². The first kappa shape index (κ1) is 20.9. The Hall–Kier alpha value is -2.40. The number of rotatable bonds is 5. The third kappa shape index (κ3) is 3.83. The van der Waals surface area contributed by atoms with Crippen LogP contribution < -0.4 is 10.2 Å². The Morgan fingerprint density at radius 3 is 2.40 bits per heavy atom. The molecule has 1 aromatic heterocycles. The van der Waals surface area contributed by atoms with Gasteiger partial charge in [0.15, 0.2) is 0 Å². The zero-order valence-electron chi connectivity index (χ0n) is 18.7. The summed E-state index contributed by atoms with van der Waals surface area (Å²) in [5, 5.41) is 2.62. The number of pyridine rings is 1. The molecule has 1 fully saturated rings. The average molecular weight is 407 g/mol. The van der Waals surface area contributed by atoms with Gasteiger partial charge in [0.1, 0.15) is 5.69 Å². The maximum absolute atomic E-state index is 11.7. The van der Waals surface area contributed by atoms with E-state index in [1.54, 1.807) is 12.6 Å². The second kappa shape index (κ2) is 8.38. The van der Waals surface area contributed by atoms with E-state index in [0.717, 1.165) is 31.9 Å². The molecule has 2 aliphatic rings. The summed E-state index contributed by atoms with van der Waals surface area (Å²) >= 11 is 0. The normalized spacial score (nSPS) is 22.1. The number of fused-ring (bicyclic) bond motifs is 1. The number of amides is 1. The average Bonchev–Trinajstić information content (AvgIpc) is 3.19. The fourth-order valence-corrected chi connectivity index (χ4v) is 5.07. The third-order valence-corrected chi connectivity index (χ3v) is 7.37. The van der Waals surface area contributed by atoms with E-state index < -0.39 is 0 Å². The summed E-state index contributed by atoms with van der Waals surface area (Å²) in [6.07, 6.45) is 4.25. The van der Waals surface area contributed by atoms with E-state index in [-0.39, 0.29) is 5.91 Å². The van der Waals surface area contributed by atoms with E-state index in [4.69, 9.17) is 0 Å². The second-order valence-electron chi connectivity index (χ2n) is 9.28. The van der Waals surface area contributed by atoms with Crippen LogP contribution in [0.2, 0.25) is 0 Å². The highest BCUT2D eigenvalue weighted by Crippen LogP contribution is 2.52. The minimum absolute atomic E-state index is 0.143. The van der Waals surface area contributed by atoms with Crippen LogP contribution in [0.25, 0.3) is 0 Å². The molecule has 30 heavy (non-hydrogen) atoms. The van der Waals surface area contributed by atoms with Gasteiger partial charge in [-0.05, 0) is 41.0 Å². The number of aromatic nitrogens is 1. The highest BCUT2D eigenvalue weighted by molar-refractivity contribution is 5.92. The first-order chi connectivity index (χ1) is 14.4. The molecule has 1 aliphatic carbocycles. The van der Waals surface area contributed by atoms with Crippen molar-refractivity contribution >= 4 is 11.6 Å². The largest absolute Gasteiger partial charge is 0.368 e. The van der Waals surface area contributed by atoms with Crippen LogP contribution in [0.3, 0.4) is 0 Å². The van der Waals surface area contributed by atoms with E-state index >= 15 is 0 Å². The van der Waals surface area contributed by atoms with Crippen molar-refractivity contribution in [2.24, 2.45) is 5.41 Å². The number of nitrogens with zero attached hydrogens (tertiary/aromatic N) is 3. The predicted molar refractivity (Wildman–Crippen MR) is 122 cm³/mol. The lowest BCUT2D eigenvalue weighted by atomic mass is 9.74. The van der Waals surface area contributed by atoms with Crippen LogP contribution in [0, 0.1) is 5.41 Å². The SMILES string of the molecule is CCC(C)(C)C1CC(N2CCN(c3ccc(C(=O)NC)nc3)CC2)c2ccccc21. The number of hydrogen-bond donors (Lipinski definition) is 1. The van der Waals surface area contributed by atoms with Crippen molar-refractivity contribution < 1.29 is 4.79 Å². The topological polar surface area (TPSA) is 48.5 Å². The number of anilines is 1. The Labute approximate surface area is 180 Å². The molecule has 2 atom stereocenters. The maximum Gasteiger partial charge on any atom is 0.269 e. The lowest BCUT2D eigenvalue weighted by Crippen LogP contribution is -2.47. The predicted octanol–water partition coefficient (Wildman–Crippen LogP) is 4.23. The van der Waals surface area contributed by atoms with Gasteiger partial charge in [-0.3, -0.25) is 9.69 Å². The van der Waals surface area contributed by atoms with E-state index in [1.165, 1.54) is 18.4 Å². The molecule has 1 amide bonds. The smallest absolute Gasteiger partial charge is 0.269 e. The molecule has 4 rings (SSSR count). The van der Waals surface area contributed by atoms with Gasteiger partial charge >= 0.3 is 0 Å². The number of piperazine rings is 1.